The van der Waals surface area contributed by atoms with Crippen LogP contribution in [0.1, 0.15) is 37.3 Å². The highest BCUT2D eigenvalue weighted by molar-refractivity contribution is 9.10. The van der Waals surface area contributed by atoms with Gasteiger partial charge in [-0.2, -0.15) is 0 Å². The van der Waals surface area contributed by atoms with Gasteiger partial charge in [0.1, 0.15) is 5.75 Å². The lowest BCUT2D eigenvalue weighted by atomic mass is 9.80. The summed E-state index contributed by atoms with van der Waals surface area (Å²) in [5, 5.41) is 0. The van der Waals surface area contributed by atoms with Gasteiger partial charge in [0.25, 0.3) is 0 Å². The lowest BCUT2D eigenvalue weighted by molar-refractivity contribution is 0.275. The molecular formula is C13H18BrNO. The molecule has 0 spiro atoms. The molecular weight excluding hydrogens is 266 g/mol. The van der Waals surface area contributed by atoms with Gasteiger partial charge in [-0.15, -0.1) is 0 Å². The van der Waals surface area contributed by atoms with Gasteiger partial charge in [0.05, 0.1) is 7.11 Å². The number of halogens is 1. The average Bonchev–Trinajstić information content (AvgIpc) is 2.23. The summed E-state index contributed by atoms with van der Waals surface area (Å²) in [6.45, 7) is 0. The van der Waals surface area contributed by atoms with E-state index in [4.69, 9.17) is 10.5 Å². The van der Waals surface area contributed by atoms with Crippen molar-refractivity contribution in [2.45, 2.75) is 31.7 Å². The maximum absolute atomic E-state index is 6.24. The second-order valence-electron chi connectivity index (χ2n) is 4.53. The average molecular weight is 284 g/mol. The van der Waals surface area contributed by atoms with E-state index in [9.17, 15) is 0 Å². The first-order valence-corrected chi connectivity index (χ1v) is 6.59. The van der Waals surface area contributed by atoms with Crippen molar-refractivity contribution in [3.63, 3.8) is 0 Å². The van der Waals surface area contributed by atoms with E-state index in [-0.39, 0.29) is 6.04 Å². The van der Waals surface area contributed by atoms with E-state index in [2.05, 4.69) is 22.0 Å². The van der Waals surface area contributed by atoms with Crippen LogP contribution >= 0.6 is 15.9 Å². The Balaban J connectivity index is 2.11. The van der Waals surface area contributed by atoms with Crippen molar-refractivity contribution < 1.29 is 4.74 Å². The zero-order valence-electron chi connectivity index (χ0n) is 9.58. The smallest absolute Gasteiger partial charge is 0.124 e. The molecule has 0 radical (unpaired) electrons. The lowest BCUT2D eigenvalue weighted by Gasteiger charge is -2.28. The molecule has 2 rings (SSSR count). The molecule has 1 atom stereocenters. The SMILES string of the molecule is COc1cc(Br)ccc1C(N)CC1CCC1. The highest BCUT2D eigenvalue weighted by Crippen LogP contribution is 2.36. The first kappa shape index (κ1) is 11.9. The number of hydrogen-bond donors (Lipinski definition) is 1. The number of nitrogens with two attached hydrogens (primary N) is 1. The van der Waals surface area contributed by atoms with Gasteiger partial charge in [-0.05, 0) is 24.5 Å². The Hall–Kier alpha value is -0.540. The molecule has 0 bridgehead atoms. The summed E-state index contributed by atoms with van der Waals surface area (Å²) in [5.41, 5.74) is 7.36. The fraction of sp³-hybridized carbons (Fsp3) is 0.538. The molecule has 1 aliphatic rings. The molecule has 1 unspecified atom stereocenters. The van der Waals surface area contributed by atoms with Crippen molar-refractivity contribution in [2.75, 3.05) is 7.11 Å². The summed E-state index contributed by atoms with van der Waals surface area (Å²) in [6, 6.07) is 6.18. The monoisotopic (exact) mass is 283 g/mol. The van der Waals surface area contributed by atoms with Crippen molar-refractivity contribution in [3.8, 4) is 5.75 Å². The Morgan fingerprint density at radius 2 is 2.25 bits per heavy atom. The molecule has 0 amide bonds. The molecule has 88 valence electrons. The van der Waals surface area contributed by atoms with Crippen molar-refractivity contribution in [1.82, 2.24) is 0 Å². The predicted octanol–water partition coefficient (Wildman–Crippen LogP) is 3.65. The Morgan fingerprint density at radius 1 is 1.50 bits per heavy atom. The third-order valence-corrected chi connectivity index (χ3v) is 3.90. The van der Waals surface area contributed by atoms with E-state index >= 15 is 0 Å². The van der Waals surface area contributed by atoms with Crippen LogP contribution in [0.2, 0.25) is 0 Å². The minimum Gasteiger partial charge on any atom is -0.496 e. The van der Waals surface area contributed by atoms with Crippen LogP contribution < -0.4 is 10.5 Å². The van der Waals surface area contributed by atoms with E-state index in [1.54, 1.807) is 7.11 Å². The molecule has 2 N–H and O–H groups in total. The Kier molecular flexibility index (Phi) is 3.87. The molecule has 0 aromatic heterocycles. The Bertz CT molecular complexity index is 363. The number of ether oxygens (including phenoxy) is 1. The van der Waals surface area contributed by atoms with Crippen LogP contribution in [0.4, 0.5) is 0 Å². The van der Waals surface area contributed by atoms with Gasteiger partial charge in [0.2, 0.25) is 0 Å². The fourth-order valence-electron chi connectivity index (χ4n) is 2.21. The molecule has 1 aliphatic carbocycles. The highest BCUT2D eigenvalue weighted by atomic mass is 79.9. The van der Waals surface area contributed by atoms with Crippen LogP contribution in [0.25, 0.3) is 0 Å². The second kappa shape index (κ2) is 5.19. The van der Waals surface area contributed by atoms with Crippen LogP contribution in [0.3, 0.4) is 0 Å². The molecule has 1 aromatic rings. The van der Waals surface area contributed by atoms with Crippen molar-refractivity contribution in [3.05, 3.63) is 28.2 Å². The molecule has 0 aliphatic heterocycles. The molecule has 2 nitrogen and oxygen atoms in total. The van der Waals surface area contributed by atoms with Gasteiger partial charge >= 0.3 is 0 Å². The first-order chi connectivity index (χ1) is 7.70. The highest BCUT2D eigenvalue weighted by Gasteiger charge is 2.22. The van der Waals surface area contributed by atoms with Gasteiger partial charge in [-0.3, -0.25) is 0 Å². The van der Waals surface area contributed by atoms with Crippen molar-refractivity contribution in [2.24, 2.45) is 11.7 Å². The summed E-state index contributed by atoms with van der Waals surface area (Å²) >= 11 is 3.44. The number of benzene rings is 1. The summed E-state index contributed by atoms with van der Waals surface area (Å²) in [5.74, 6) is 1.71. The first-order valence-electron chi connectivity index (χ1n) is 5.79. The molecule has 1 aromatic carbocycles. The summed E-state index contributed by atoms with van der Waals surface area (Å²) < 4.78 is 6.40. The summed E-state index contributed by atoms with van der Waals surface area (Å²) in [7, 11) is 1.70. The van der Waals surface area contributed by atoms with Crippen LogP contribution in [0.15, 0.2) is 22.7 Å². The quantitative estimate of drug-likeness (QED) is 0.916. The molecule has 0 heterocycles. The van der Waals surface area contributed by atoms with Gasteiger partial charge in [0, 0.05) is 16.1 Å². The minimum atomic E-state index is 0.105. The van der Waals surface area contributed by atoms with Gasteiger partial charge in [-0.25, -0.2) is 0 Å². The molecule has 1 saturated carbocycles. The third-order valence-electron chi connectivity index (χ3n) is 3.41. The second-order valence-corrected chi connectivity index (χ2v) is 5.44. The minimum absolute atomic E-state index is 0.105. The number of hydrogen-bond acceptors (Lipinski definition) is 2. The molecule has 3 heteroatoms. The summed E-state index contributed by atoms with van der Waals surface area (Å²) in [4.78, 5) is 0. The summed E-state index contributed by atoms with van der Waals surface area (Å²) in [6.07, 6.45) is 5.13. The zero-order valence-corrected chi connectivity index (χ0v) is 11.2. The number of rotatable bonds is 4. The number of methoxy groups -OCH3 is 1. The van der Waals surface area contributed by atoms with Crippen LogP contribution in [-0.4, -0.2) is 7.11 Å². The van der Waals surface area contributed by atoms with E-state index in [1.807, 2.05) is 12.1 Å². The third kappa shape index (κ3) is 2.58. The zero-order chi connectivity index (χ0) is 11.5. The Labute approximate surface area is 105 Å². The maximum atomic E-state index is 6.24. The van der Waals surface area contributed by atoms with Crippen LogP contribution in [-0.2, 0) is 0 Å². The van der Waals surface area contributed by atoms with E-state index < -0.39 is 0 Å². The van der Waals surface area contributed by atoms with E-state index in [0.29, 0.717) is 0 Å². The molecule has 0 saturated heterocycles. The maximum Gasteiger partial charge on any atom is 0.124 e. The van der Waals surface area contributed by atoms with Gasteiger partial charge in [-0.1, -0.05) is 41.3 Å². The topological polar surface area (TPSA) is 35.2 Å². The van der Waals surface area contributed by atoms with Crippen LogP contribution in [0.5, 0.6) is 5.75 Å². The standard InChI is InChI=1S/C13H18BrNO/c1-16-13-8-10(14)5-6-11(13)12(15)7-9-3-2-4-9/h5-6,8-9,12H,2-4,7,15H2,1H3. The Morgan fingerprint density at radius 3 is 2.81 bits per heavy atom. The molecule has 1 fully saturated rings. The fourth-order valence-corrected chi connectivity index (χ4v) is 2.55. The van der Waals surface area contributed by atoms with Crippen molar-refractivity contribution in [1.29, 1.82) is 0 Å². The van der Waals surface area contributed by atoms with Gasteiger partial charge < -0.3 is 10.5 Å². The van der Waals surface area contributed by atoms with E-state index in [0.717, 1.165) is 28.1 Å². The van der Waals surface area contributed by atoms with Crippen molar-refractivity contribution >= 4 is 15.9 Å². The largest absolute Gasteiger partial charge is 0.496 e. The molecule has 16 heavy (non-hydrogen) atoms. The van der Waals surface area contributed by atoms with E-state index in [1.165, 1.54) is 19.3 Å². The normalized spacial score (nSPS) is 17.9. The lowest BCUT2D eigenvalue weighted by Crippen LogP contribution is -2.20. The van der Waals surface area contributed by atoms with Gasteiger partial charge in [0.15, 0.2) is 0 Å². The predicted molar refractivity (Wildman–Crippen MR) is 69.6 cm³/mol. The van der Waals surface area contributed by atoms with Crippen LogP contribution in [0, 0.1) is 5.92 Å².